The lowest BCUT2D eigenvalue weighted by atomic mass is 9.95. The Morgan fingerprint density at radius 1 is 1.09 bits per heavy atom. The van der Waals surface area contributed by atoms with Crippen LogP contribution in [0.3, 0.4) is 0 Å². The third-order valence-electron chi connectivity index (χ3n) is 4.27. The van der Waals surface area contributed by atoms with E-state index in [9.17, 15) is 9.18 Å². The van der Waals surface area contributed by atoms with Crippen LogP contribution in [0.1, 0.15) is 33.7 Å². The second-order valence-electron chi connectivity index (χ2n) is 5.81. The summed E-state index contributed by atoms with van der Waals surface area (Å²) in [6.07, 6.45) is 6.95. The van der Waals surface area contributed by atoms with Crippen LogP contribution in [0.25, 0.3) is 6.08 Å². The van der Waals surface area contributed by atoms with Crippen LogP contribution < -0.4 is 5.32 Å². The van der Waals surface area contributed by atoms with Crippen molar-refractivity contribution in [2.45, 2.75) is 31.4 Å². The molecule has 0 spiro atoms. The molecule has 4 rings (SSSR count). The molecule has 0 radical (unpaired) electrons. The smallest absolute Gasteiger partial charge is 0.262 e. The zero-order valence-corrected chi connectivity index (χ0v) is 14.2. The molecule has 1 aromatic heterocycles. The van der Waals surface area contributed by atoms with Crippen LogP contribution in [0.4, 0.5) is 10.1 Å². The third kappa shape index (κ3) is 2.95. The Balaban J connectivity index is 1.56. The Kier molecular flexibility index (Phi) is 3.99. The van der Waals surface area contributed by atoms with Gasteiger partial charge in [0.05, 0.1) is 4.91 Å². The van der Waals surface area contributed by atoms with Crippen molar-refractivity contribution < 1.29 is 9.18 Å². The molecule has 1 N–H and O–H groups in total. The zero-order valence-electron chi connectivity index (χ0n) is 12.5. The number of rotatable bonds is 2. The number of thioether (sulfide) groups is 1. The van der Waals surface area contributed by atoms with E-state index in [4.69, 9.17) is 0 Å². The van der Waals surface area contributed by atoms with E-state index in [-0.39, 0.29) is 11.7 Å². The van der Waals surface area contributed by atoms with E-state index < -0.39 is 0 Å². The fraction of sp³-hybridized carbons (Fsp3) is 0.278. The number of fused-ring (bicyclic) bond motifs is 3. The van der Waals surface area contributed by atoms with Gasteiger partial charge >= 0.3 is 0 Å². The maximum Gasteiger partial charge on any atom is 0.262 e. The number of hydrogen-bond donors (Lipinski definition) is 1. The number of carbonyl (C=O) groups excluding carboxylic acids is 1. The van der Waals surface area contributed by atoms with E-state index in [1.807, 2.05) is 17.4 Å². The van der Waals surface area contributed by atoms with E-state index in [2.05, 4.69) is 5.32 Å². The summed E-state index contributed by atoms with van der Waals surface area (Å²) in [5.41, 5.74) is 3.60. The highest BCUT2D eigenvalue weighted by molar-refractivity contribution is 8.03. The average molecular weight is 345 g/mol. The van der Waals surface area contributed by atoms with Gasteiger partial charge in [-0.2, -0.15) is 0 Å². The van der Waals surface area contributed by atoms with Crippen molar-refractivity contribution in [2.24, 2.45) is 0 Å². The Bertz CT molecular complexity index is 792. The first-order valence-corrected chi connectivity index (χ1v) is 9.56. The second kappa shape index (κ2) is 6.13. The predicted octanol–water partition coefficient (Wildman–Crippen LogP) is 4.99. The van der Waals surface area contributed by atoms with Gasteiger partial charge in [0.2, 0.25) is 0 Å². The molecular formula is C18H16FNOS2. The lowest BCUT2D eigenvalue weighted by molar-refractivity contribution is -0.112. The molecule has 23 heavy (non-hydrogen) atoms. The summed E-state index contributed by atoms with van der Waals surface area (Å²) in [5, 5.41) is 2.84. The monoisotopic (exact) mass is 345 g/mol. The van der Waals surface area contributed by atoms with Crippen molar-refractivity contribution in [3.8, 4) is 0 Å². The summed E-state index contributed by atoms with van der Waals surface area (Å²) in [6, 6.07) is 5.86. The minimum atomic E-state index is -0.303. The van der Waals surface area contributed by atoms with E-state index in [0.29, 0.717) is 5.69 Å². The maximum absolute atomic E-state index is 12.9. The predicted molar refractivity (Wildman–Crippen MR) is 95.3 cm³/mol. The average Bonchev–Trinajstić information content (AvgIpc) is 2.94. The quantitative estimate of drug-likeness (QED) is 0.830. The van der Waals surface area contributed by atoms with Crippen molar-refractivity contribution in [3.63, 3.8) is 0 Å². The topological polar surface area (TPSA) is 29.1 Å². The Morgan fingerprint density at radius 3 is 2.70 bits per heavy atom. The highest BCUT2D eigenvalue weighted by Gasteiger charge is 2.25. The van der Waals surface area contributed by atoms with E-state index in [1.165, 1.54) is 58.7 Å². The summed E-state index contributed by atoms with van der Waals surface area (Å²) < 4.78 is 12.9. The Morgan fingerprint density at radius 2 is 1.87 bits per heavy atom. The molecule has 2 aliphatic rings. The van der Waals surface area contributed by atoms with Gasteiger partial charge in [0, 0.05) is 21.2 Å². The van der Waals surface area contributed by atoms with Crippen molar-refractivity contribution in [3.05, 3.63) is 55.9 Å². The molecule has 1 aliphatic carbocycles. The van der Waals surface area contributed by atoms with E-state index >= 15 is 0 Å². The van der Waals surface area contributed by atoms with Gasteiger partial charge in [-0.1, -0.05) is 0 Å². The number of thiophene rings is 1. The molecule has 2 aromatic rings. The van der Waals surface area contributed by atoms with Crippen LogP contribution in [-0.4, -0.2) is 5.91 Å². The standard InChI is InChI=1S/C18H16FNOS2/c19-11-5-7-12(8-6-11)20-18(21)17-9-16-14(10-22-17)13-3-1-2-4-15(13)23-16/h5-9H,1-4,10H2,(H,20,21). The molecular weight excluding hydrogens is 329 g/mol. The molecule has 2 nitrogen and oxygen atoms in total. The lowest BCUT2D eigenvalue weighted by Gasteiger charge is -2.16. The van der Waals surface area contributed by atoms with Gasteiger partial charge in [0.1, 0.15) is 5.82 Å². The molecule has 0 bridgehead atoms. The first-order chi connectivity index (χ1) is 11.2. The first kappa shape index (κ1) is 15.0. The molecule has 1 aromatic carbocycles. The van der Waals surface area contributed by atoms with Gasteiger partial charge in [-0.3, -0.25) is 4.79 Å². The number of halogens is 1. The third-order valence-corrected chi connectivity index (χ3v) is 6.60. The van der Waals surface area contributed by atoms with Crippen LogP contribution in [0.15, 0.2) is 29.2 Å². The molecule has 0 unspecified atom stereocenters. The number of carbonyl (C=O) groups is 1. The number of anilines is 1. The molecule has 118 valence electrons. The summed E-state index contributed by atoms with van der Waals surface area (Å²) >= 11 is 3.44. The molecule has 5 heteroatoms. The second-order valence-corrected chi connectivity index (χ2v) is 7.97. The fourth-order valence-corrected chi connectivity index (χ4v) is 5.63. The molecule has 2 heterocycles. The normalized spacial score (nSPS) is 16.3. The minimum Gasteiger partial charge on any atom is -0.322 e. The van der Waals surface area contributed by atoms with Gasteiger partial charge in [-0.15, -0.1) is 23.1 Å². The van der Waals surface area contributed by atoms with Crippen LogP contribution in [0, 0.1) is 5.82 Å². The number of aryl methyl sites for hydroxylation is 1. The minimum absolute atomic E-state index is 0.112. The van der Waals surface area contributed by atoms with Gasteiger partial charge in [0.25, 0.3) is 5.91 Å². The molecule has 1 aliphatic heterocycles. The van der Waals surface area contributed by atoms with Gasteiger partial charge in [-0.25, -0.2) is 4.39 Å². The van der Waals surface area contributed by atoms with Crippen molar-refractivity contribution in [1.29, 1.82) is 0 Å². The van der Waals surface area contributed by atoms with E-state index in [0.717, 1.165) is 10.7 Å². The van der Waals surface area contributed by atoms with Crippen molar-refractivity contribution >= 4 is 40.8 Å². The van der Waals surface area contributed by atoms with E-state index in [1.54, 1.807) is 23.9 Å². The molecule has 0 fully saturated rings. The van der Waals surface area contributed by atoms with Crippen LogP contribution >= 0.6 is 23.1 Å². The summed E-state index contributed by atoms with van der Waals surface area (Å²) in [6.45, 7) is 0. The number of nitrogens with one attached hydrogen (secondary N) is 1. The Hall–Kier alpha value is -1.59. The summed E-state index contributed by atoms with van der Waals surface area (Å²) in [5.74, 6) is 0.464. The van der Waals surface area contributed by atoms with Crippen LogP contribution in [-0.2, 0) is 23.4 Å². The Labute approximate surface area is 142 Å². The van der Waals surface area contributed by atoms with Crippen LogP contribution in [0.5, 0.6) is 0 Å². The highest BCUT2D eigenvalue weighted by atomic mass is 32.2. The number of benzene rings is 1. The summed E-state index contributed by atoms with van der Waals surface area (Å²) in [4.78, 5) is 15.9. The lowest BCUT2D eigenvalue weighted by Crippen LogP contribution is -2.14. The SMILES string of the molecule is O=C(Nc1ccc(F)cc1)C1=Cc2sc3c(c2CS1)CCCC3. The zero-order chi connectivity index (χ0) is 15.8. The molecule has 0 atom stereocenters. The molecule has 1 amide bonds. The van der Waals surface area contributed by atoms with Crippen molar-refractivity contribution in [1.82, 2.24) is 0 Å². The fourth-order valence-electron chi connectivity index (χ4n) is 3.09. The largest absolute Gasteiger partial charge is 0.322 e. The number of amides is 1. The van der Waals surface area contributed by atoms with Crippen molar-refractivity contribution in [2.75, 3.05) is 5.32 Å². The summed E-state index contributed by atoms with van der Waals surface area (Å²) in [7, 11) is 0. The molecule has 0 saturated heterocycles. The van der Waals surface area contributed by atoms with Gasteiger partial charge in [-0.05, 0) is 67.2 Å². The maximum atomic E-state index is 12.9. The highest BCUT2D eigenvalue weighted by Crippen LogP contribution is 2.42. The molecule has 0 saturated carbocycles. The first-order valence-electron chi connectivity index (χ1n) is 7.75. The van der Waals surface area contributed by atoms with Crippen LogP contribution in [0.2, 0.25) is 0 Å². The van der Waals surface area contributed by atoms with Gasteiger partial charge < -0.3 is 5.32 Å². The number of hydrogen-bond acceptors (Lipinski definition) is 3. The van der Waals surface area contributed by atoms with Gasteiger partial charge in [0.15, 0.2) is 0 Å².